The Hall–Kier alpha value is -1.19. The SMILES string of the molecule is O=CC(CC1OCCCO1)c1ccccc1. The molecule has 1 aliphatic heterocycles. The van der Waals surface area contributed by atoms with E-state index in [-0.39, 0.29) is 12.2 Å². The molecule has 1 saturated heterocycles. The van der Waals surface area contributed by atoms with E-state index < -0.39 is 0 Å². The fraction of sp³-hybridized carbons (Fsp3) is 0.462. The molecule has 16 heavy (non-hydrogen) atoms. The number of rotatable bonds is 4. The molecule has 2 rings (SSSR count). The number of hydrogen-bond acceptors (Lipinski definition) is 3. The molecule has 0 amide bonds. The van der Waals surface area contributed by atoms with E-state index in [1.165, 1.54) is 0 Å². The molecule has 3 heteroatoms. The van der Waals surface area contributed by atoms with Gasteiger partial charge in [0.15, 0.2) is 6.29 Å². The van der Waals surface area contributed by atoms with Gasteiger partial charge < -0.3 is 14.3 Å². The van der Waals surface area contributed by atoms with Crippen LogP contribution in [0.25, 0.3) is 0 Å². The molecule has 3 nitrogen and oxygen atoms in total. The van der Waals surface area contributed by atoms with Crippen LogP contribution in [0.3, 0.4) is 0 Å². The number of benzene rings is 1. The molecule has 86 valence electrons. The predicted molar refractivity (Wildman–Crippen MR) is 60.2 cm³/mol. The first kappa shape index (κ1) is 11.3. The van der Waals surface area contributed by atoms with Gasteiger partial charge in [-0.1, -0.05) is 30.3 Å². The van der Waals surface area contributed by atoms with Crippen LogP contribution in [0.1, 0.15) is 24.3 Å². The number of hydrogen-bond donors (Lipinski definition) is 0. The van der Waals surface area contributed by atoms with E-state index in [1.54, 1.807) is 0 Å². The molecule has 0 bridgehead atoms. The maximum Gasteiger partial charge on any atom is 0.158 e. The molecule has 1 fully saturated rings. The van der Waals surface area contributed by atoms with Gasteiger partial charge in [-0.15, -0.1) is 0 Å². The van der Waals surface area contributed by atoms with Gasteiger partial charge in [0.05, 0.1) is 13.2 Å². The second kappa shape index (κ2) is 5.77. The van der Waals surface area contributed by atoms with E-state index in [2.05, 4.69) is 0 Å². The second-order valence-electron chi connectivity index (χ2n) is 3.91. The van der Waals surface area contributed by atoms with Gasteiger partial charge >= 0.3 is 0 Å². The molecule has 1 aliphatic rings. The van der Waals surface area contributed by atoms with Crippen molar-refractivity contribution in [1.82, 2.24) is 0 Å². The largest absolute Gasteiger partial charge is 0.353 e. The van der Waals surface area contributed by atoms with Crippen molar-refractivity contribution in [3.8, 4) is 0 Å². The van der Waals surface area contributed by atoms with Crippen molar-refractivity contribution in [1.29, 1.82) is 0 Å². The summed E-state index contributed by atoms with van der Waals surface area (Å²) in [4.78, 5) is 11.1. The van der Waals surface area contributed by atoms with E-state index in [4.69, 9.17) is 9.47 Å². The average Bonchev–Trinajstić information content (AvgIpc) is 2.38. The Morgan fingerprint density at radius 1 is 1.25 bits per heavy atom. The van der Waals surface area contributed by atoms with Gasteiger partial charge in [-0.2, -0.15) is 0 Å². The smallest absolute Gasteiger partial charge is 0.158 e. The van der Waals surface area contributed by atoms with Crippen LogP contribution in [0.15, 0.2) is 30.3 Å². The molecule has 1 atom stereocenters. The van der Waals surface area contributed by atoms with Gasteiger partial charge in [0, 0.05) is 12.3 Å². The molecular formula is C13H16O3. The second-order valence-corrected chi connectivity index (χ2v) is 3.91. The highest BCUT2D eigenvalue weighted by Crippen LogP contribution is 2.22. The fourth-order valence-electron chi connectivity index (χ4n) is 1.85. The summed E-state index contributed by atoms with van der Waals surface area (Å²) in [5.74, 6) is -0.135. The zero-order valence-corrected chi connectivity index (χ0v) is 9.17. The Balaban J connectivity index is 1.97. The third kappa shape index (κ3) is 2.90. The predicted octanol–water partition coefficient (Wildman–Crippen LogP) is 2.12. The molecule has 0 N–H and O–H groups in total. The van der Waals surface area contributed by atoms with Crippen LogP contribution in [-0.2, 0) is 14.3 Å². The van der Waals surface area contributed by atoms with Crippen molar-refractivity contribution in [2.45, 2.75) is 25.0 Å². The zero-order chi connectivity index (χ0) is 11.2. The minimum absolute atomic E-state index is 0.135. The standard InChI is InChI=1S/C13H16O3/c14-10-12(11-5-2-1-3-6-11)9-13-15-7-4-8-16-13/h1-3,5-6,10,12-13H,4,7-9H2. The molecule has 0 aliphatic carbocycles. The third-order valence-corrected chi connectivity index (χ3v) is 2.73. The van der Waals surface area contributed by atoms with Crippen LogP contribution in [-0.4, -0.2) is 25.8 Å². The van der Waals surface area contributed by atoms with E-state index in [1.807, 2.05) is 30.3 Å². The Morgan fingerprint density at radius 3 is 2.56 bits per heavy atom. The first-order chi connectivity index (χ1) is 7.90. The summed E-state index contributed by atoms with van der Waals surface area (Å²) in [5.41, 5.74) is 1.02. The molecule has 0 saturated carbocycles. The highest BCUT2D eigenvalue weighted by Gasteiger charge is 2.20. The van der Waals surface area contributed by atoms with Crippen LogP contribution in [0.5, 0.6) is 0 Å². The first-order valence-corrected chi connectivity index (χ1v) is 5.63. The molecular weight excluding hydrogens is 204 g/mol. The summed E-state index contributed by atoms with van der Waals surface area (Å²) < 4.78 is 10.9. The van der Waals surface area contributed by atoms with Gasteiger partial charge in [-0.25, -0.2) is 0 Å². The molecule has 1 aromatic carbocycles. The molecule has 1 aromatic rings. The molecule has 1 heterocycles. The highest BCUT2D eigenvalue weighted by atomic mass is 16.7. The molecule has 0 aromatic heterocycles. The quantitative estimate of drug-likeness (QED) is 0.729. The Morgan fingerprint density at radius 2 is 1.94 bits per heavy atom. The van der Waals surface area contributed by atoms with Crippen molar-refractivity contribution >= 4 is 6.29 Å². The van der Waals surface area contributed by atoms with Gasteiger partial charge in [0.25, 0.3) is 0 Å². The lowest BCUT2D eigenvalue weighted by Gasteiger charge is -2.25. The van der Waals surface area contributed by atoms with Crippen molar-refractivity contribution < 1.29 is 14.3 Å². The van der Waals surface area contributed by atoms with E-state index >= 15 is 0 Å². The fourth-order valence-corrected chi connectivity index (χ4v) is 1.85. The Bertz CT molecular complexity index is 317. The molecule has 1 unspecified atom stereocenters. The third-order valence-electron chi connectivity index (χ3n) is 2.73. The monoisotopic (exact) mass is 220 g/mol. The summed E-state index contributed by atoms with van der Waals surface area (Å²) in [6.07, 6.45) is 2.28. The topological polar surface area (TPSA) is 35.5 Å². The minimum Gasteiger partial charge on any atom is -0.353 e. The Labute approximate surface area is 95.4 Å². The summed E-state index contributed by atoms with van der Waals surface area (Å²) in [5, 5.41) is 0. The van der Waals surface area contributed by atoms with Gasteiger partial charge in [-0.3, -0.25) is 0 Å². The lowest BCUT2D eigenvalue weighted by molar-refractivity contribution is -0.183. The molecule has 0 spiro atoms. The lowest BCUT2D eigenvalue weighted by atomic mass is 9.97. The van der Waals surface area contributed by atoms with Crippen molar-refractivity contribution in [2.24, 2.45) is 0 Å². The summed E-state index contributed by atoms with van der Waals surface area (Å²) in [6, 6.07) is 9.74. The summed E-state index contributed by atoms with van der Waals surface area (Å²) in [6.45, 7) is 1.45. The van der Waals surface area contributed by atoms with Crippen LogP contribution < -0.4 is 0 Å². The number of carbonyl (C=O) groups is 1. The van der Waals surface area contributed by atoms with Crippen LogP contribution in [0, 0.1) is 0 Å². The van der Waals surface area contributed by atoms with E-state index in [0.717, 1.165) is 31.5 Å². The lowest BCUT2D eigenvalue weighted by Crippen LogP contribution is -2.27. The average molecular weight is 220 g/mol. The number of aldehydes is 1. The normalized spacial score (nSPS) is 19.2. The first-order valence-electron chi connectivity index (χ1n) is 5.63. The Kier molecular flexibility index (Phi) is 4.08. The minimum atomic E-state index is -0.232. The van der Waals surface area contributed by atoms with Crippen LogP contribution in [0.2, 0.25) is 0 Å². The molecule has 0 radical (unpaired) electrons. The highest BCUT2D eigenvalue weighted by molar-refractivity contribution is 5.62. The van der Waals surface area contributed by atoms with Crippen molar-refractivity contribution in [2.75, 3.05) is 13.2 Å². The van der Waals surface area contributed by atoms with Crippen molar-refractivity contribution in [3.05, 3.63) is 35.9 Å². The summed E-state index contributed by atoms with van der Waals surface area (Å²) >= 11 is 0. The van der Waals surface area contributed by atoms with Gasteiger partial charge in [-0.05, 0) is 12.0 Å². The maximum atomic E-state index is 11.1. The van der Waals surface area contributed by atoms with E-state index in [9.17, 15) is 4.79 Å². The van der Waals surface area contributed by atoms with Gasteiger partial charge in [0.1, 0.15) is 6.29 Å². The van der Waals surface area contributed by atoms with Crippen LogP contribution >= 0.6 is 0 Å². The van der Waals surface area contributed by atoms with E-state index in [0.29, 0.717) is 6.42 Å². The summed E-state index contributed by atoms with van der Waals surface area (Å²) in [7, 11) is 0. The maximum absolute atomic E-state index is 11.1. The van der Waals surface area contributed by atoms with Gasteiger partial charge in [0.2, 0.25) is 0 Å². The zero-order valence-electron chi connectivity index (χ0n) is 9.17. The van der Waals surface area contributed by atoms with Crippen LogP contribution in [0.4, 0.5) is 0 Å². The number of carbonyl (C=O) groups excluding carboxylic acids is 1. The van der Waals surface area contributed by atoms with Crippen molar-refractivity contribution in [3.63, 3.8) is 0 Å². The number of ether oxygens (including phenoxy) is 2.